The molecule has 26 heavy (non-hydrogen) atoms. The second kappa shape index (κ2) is 6.68. The van der Waals surface area contributed by atoms with Gasteiger partial charge in [0.15, 0.2) is 0 Å². The van der Waals surface area contributed by atoms with Gasteiger partial charge in [-0.05, 0) is 56.4 Å². The van der Waals surface area contributed by atoms with E-state index in [2.05, 4.69) is 31.5 Å². The van der Waals surface area contributed by atoms with Gasteiger partial charge in [-0.25, -0.2) is 0 Å². The Labute approximate surface area is 157 Å². The topological polar surface area (TPSA) is 63.4 Å². The lowest BCUT2D eigenvalue weighted by atomic mass is 9.80. The van der Waals surface area contributed by atoms with Crippen LogP contribution < -0.4 is 26.6 Å². The standard InChI is InChI=1S/C20H36N6/c1-3-21-16-7-20(24-8-13(1)16)26-4-2-12-5-18(25-19(12)11-26)17-6-15-14(9-22-15)10-23-17/h12-25H,1-11H2. The molecule has 0 bridgehead atoms. The Morgan fingerprint density at radius 1 is 0.615 bits per heavy atom. The minimum absolute atomic E-state index is 0.594. The van der Waals surface area contributed by atoms with Crippen LogP contribution >= 0.6 is 0 Å². The van der Waals surface area contributed by atoms with Crippen LogP contribution in [0.2, 0.25) is 0 Å². The van der Waals surface area contributed by atoms with Crippen molar-refractivity contribution >= 4 is 0 Å². The first kappa shape index (κ1) is 16.7. The Bertz CT molecular complexity index is 528. The lowest BCUT2D eigenvalue weighted by molar-refractivity contribution is 0.0658. The van der Waals surface area contributed by atoms with Crippen LogP contribution in [-0.2, 0) is 0 Å². The fraction of sp³-hybridized carbons (Fsp3) is 1.00. The molecule has 6 saturated heterocycles. The smallest absolute Gasteiger partial charge is 0.0612 e. The maximum absolute atomic E-state index is 4.06. The zero-order valence-corrected chi connectivity index (χ0v) is 15.9. The number of piperidine rings is 3. The van der Waals surface area contributed by atoms with Crippen molar-refractivity contribution < 1.29 is 0 Å². The quantitative estimate of drug-likeness (QED) is 0.448. The molecule has 9 atom stereocenters. The maximum atomic E-state index is 4.06. The molecule has 0 aliphatic carbocycles. The monoisotopic (exact) mass is 360 g/mol. The summed E-state index contributed by atoms with van der Waals surface area (Å²) in [5, 5.41) is 19.2. The molecule has 6 heterocycles. The third-order valence-electron chi connectivity index (χ3n) is 8.64. The summed E-state index contributed by atoms with van der Waals surface area (Å²) in [6, 6.07) is 3.63. The normalized spacial score (nSPS) is 54.2. The van der Waals surface area contributed by atoms with Gasteiger partial charge in [0, 0.05) is 62.9 Å². The van der Waals surface area contributed by atoms with E-state index in [1.54, 1.807) is 0 Å². The van der Waals surface area contributed by atoms with Crippen molar-refractivity contribution in [3.63, 3.8) is 0 Å². The van der Waals surface area contributed by atoms with Crippen molar-refractivity contribution in [3.8, 4) is 0 Å². The van der Waals surface area contributed by atoms with E-state index in [0.717, 1.165) is 29.8 Å². The first-order valence-electron chi connectivity index (χ1n) is 11.3. The SMILES string of the molecule is C1CC2CNC(N3CCC4CC(C5CC6NCC6CN5)NC4C3)CC2N1. The fourth-order valence-corrected chi connectivity index (χ4v) is 6.87. The molecule has 6 fully saturated rings. The summed E-state index contributed by atoms with van der Waals surface area (Å²) in [5.74, 6) is 2.67. The molecule has 0 aromatic rings. The van der Waals surface area contributed by atoms with Crippen molar-refractivity contribution in [2.45, 2.75) is 68.5 Å². The summed E-state index contributed by atoms with van der Waals surface area (Å²) in [7, 11) is 0. The van der Waals surface area contributed by atoms with Gasteiger partial charge in [0.05, 0.1) is 6.17 Å². The van der Waals surface area contributed by atoms with E-state index in [0.29, 0.717) is 24.3 Å². The van der Waals surface area contributed by atoms with E-state index in [1.165, 1.54) is 71.4 Å². The van der Waals surface area contributed by atoms with Gasteiger partial charge in [0.25, 0.3) is 0 Å². The summed E-state index contributed by atoms with van der Waals surface area (Å²) in [4.78, 5) is 2.75. The van der Waals surface area contributed by atoms with E-state index in [4.69, 9.17) is 0 Å². The second-order valence-corrected chi connectivity index (χ2v) is 9.95. The molecule has 6 aliphatic rings. The third kappa shape index (κ3) is 2.85. The molecule has 6 rings (SSSR count). The van der Waals surface area contributed by atoms with Gasteiger partial charge in [-0.1, -0.05) is 0 Å². The van der Waals surface area contributed by atoms with E-state index >= 15 is 0 Å². The van der Waals surface area contributed by atoms with Crippen LogP contribution in [0.1, 0.15) is 32.1 Å². The molecule has 9 unspecified atom stereocenters. The van der Waals surface area contributed by atoms with Crippen LogP contribution in [0.25, 0.3) is 0 Å². The maximum Gasteiger partial charge on any atom is 0.0612 e. The molecule has 6 aliphatic heterocycles. The Balaban J connectivity index is 1.06. The largest absolute Gasteiger partial charge is 0.314 e. The fourth-order valence-electron chi connectivity index (χ4n) is 6.87. The van der Waals surface area contributed by atoms with Gasteiger partial charge in [-0.15, -0.1) is 0 Å². The minimum atomic E-state index is 0.594. The van der Waals surface area contributed by atoms with Crippen LogP contribution in [0, 0.1) is 17.8 Å². The third-order valence-corrected chi connectivity index (χ3v) is 8.64. The van der Waals surface area contributed by atoms with Crippen molar-refractivity contribution in [2.24, 2.45) is 17.8 Å². The molecular formula is C20H36N6. The van der Waals surface area contributed by atoms with E-state index in [1.807, 2.05) is 0 Å². The highest BCUT2D eigenvalue weighted by atomic mass is 15.3. The number of rotatable bonds is 2. The zero-order valence-electron chi connectivity index (χ0n) is 15.9. The van der Waals surface area contributed by atoms with Crippen LogP contribution in [0.15, 0.2) is 0 Å². The number of fused-ring (bicyclic) bond motifs is 3. The van der Waals surface area contributed by atoms with Crippen LogP contribution in [0.5, 0.6) is 0 Å². The highest BCUT2D eigenvalue weighted by molar-refractivity contribution is 5.06. The van der Waals surface area contributed by atoms with Crippen molar-refractivity contribution in [2.75, 3.05) is 39.3 Å². The second-order valence-electron chi connectivity index (χ2n) is 9.95. The van der Waals surface area contributed by atoms with Gasteiger partial charge in [-0.2, -0.15) is 0 Å². The van der Waals surface area contributed by atoms with Gasteiger partial charge in [0.2, 0.25) is 0 Å². The molecule has 0 saturated carbocycles. The summed E-state index contributed by atoms with van der Waals surface area (Å²) in [6.45, 7) is 7.42. The number of nitrogens with one attached hydrogen (secondary N) is 5. The Kier molecular flexibility index (Phi) is 4.29. The molecule has 0 aromatic heterocycles. The van der Waals surface area contributed by atoms with Gasteiger partial charge in [0.1, 0.15) is 0 Å². The lowest BCUT2D eigenvalue weighted by Gasteiger charge is -2.47. The summed E-state index contributed by atoms with van der Waals surface area (Å²) in [6.07, 6.45) is 7.34. The number of likely N-dealkylation sites (tertiary alicyclic amines) is 1. The van der Waals surface area contributed by atoms with Crippen molar-refractivity contribution in [1.82, 2.24) is 31.5 Å². The van der Waals surface area contributed by atoms with Gasteiger partial charge < -0.3 is 26.6 Å². The van der Waals surface area contributed by atoms with Crippen LogP contribution in [-0.4, -0.2) is 80.5 Å². The predicted molar refractivity (Wildman–Crippen MR) is 103 cm³/mol. The van der Waals surface area contributed by atoms with E-state index in [9.17, 15) is 0 Å². The molecule has 0 radical (unpaired) electrons. The average molecular weight is 361 g/mol. The molecule has 5 N–H and O–H groups in total. The van der Waals surface area contributed by atoms with Crippen LogP contribution in [0.3, 0.4) is 0 Å². The number of nitrogens with zero attached hydrogens (tertiary/aromatic N) is 1. The molecule has 0 aromatic carbocycles. The Morgan fingerprint density at radius 2 is 1.46 bits per heavy atom. The summed E-state index contributed by atoms with van der Waals surface area (Å²) < 4.78 is 0. The number of hydrogen-bond acceptors (Lipinski definition) is 6. The summed E-state index contributed by atoms with van der Waals surface area (Å²) >= 11 is 0. The van der Waals surface area contributed by atoms with Crippen molar-refractivity contribution in [3.05, 3.63) is 0 Å². The van der Waals surface area contributed by atoms with Gasteiger partial charge >= 0.3 is 0 Å². The Morgan fingerprint density at radius 3 is 2.35 bits per heavy atom. The van der Waals surface area contributed by atoms with Crippen molar-refractivity contribution in [1.29, 1.82) is 0 Å². The number of hydrogen-bond donors (Lipinski definition) is 5. The Hall–Kier alpha value is -0.240. The zero-order chi connectivity index (χ0) is 17.1. The molecule has 0 amide bonds. The molecule has 146 valence electrons. The molecule has 6 heteroatoms. The first-order valence-corrected chi connectivity index (χ1v) is 11.3. The highest BCUT2D eigenvalue weighted by Gasteiger charge is 2.46. The predicted octanol–water partition coefficient (Wildman–Crippen LogP) is -0.714. The lowest BCUT2D eigenvalue weighted by Crippen LogP contribution is -2.66. The van der Waals surface area contributed by atoms with E-state index in [-0.39, 0.29) is 0 Å². The minimum Gasteiger partial charge on any atom is -0.314 e. The molecular weight excluding hydrogens is 324 g/mol. The molecule has 0 spiro atoms. The summed E-state index contributed by atoms with van der Waals surface area (Å²) in [5.41, 5.74) is 0. The average Bonchev–Trinajstić information content (AvgIpc) is 3.27. The molecule has 6 nitrogen and oxygen atoms in total. The highest BCUT2D eigenvalue weighted by Crippen LogP contribution is 2.34. The van der Waals surface area contributed by atoms with Gasteiger partial charge in [-0.3, -0.25) is 4.90 Å². The van der Waals surface area contributed by atoms with Crippen LogP contribution in [0.4, 0.5) is 0 Å². The van der Waals surface area contributed by atoms with E-state index < -0.39 is 0 Å². The first-order chi connectivity index (χ1) is 12.8.